The molecule has 3 aliphatic heterocycles. The summed E-state index contributed by atoms with van der Waals surface area (Å²) in [6.45, 7) is 5.21. The summed E-state index contributed by atoms with van der Waals surface area (Å²) in [4.78, 5) is 29.2. The number of piperidine rings is 1. The van der Waals surface area contributed by atoms with Gasteiger partial charge >= 0.3 is 12.1 Å². The highest BCUT2D eigenvalue weighted by Crippen LogP contribution is 2.36. The van der Waals surface area contributed by atoms with Gasteiger partial charge in [-0.25, -0.2) is 9.31 Å². The summed E-state index contributed by atoms with van der Waals surface area (Å²) >= 11 is 0. The van der Waals surface area contributed by atoms with E-state index in [9.17, 15) is 9.59 Å². The Kier molecular flexibility index (Phi) is 6.67. The predicted molar refractivity (Wildman–Crippen MR) is 141 cm³/mol. The van der Waals surface area contributed by atoms with Crippen molar-refractivity contribution in [2.24, 2.45) is 0 Å². The monoisotopic (exact) mass is 519 g/mol. The molecular weight excluding hydrogens is 486 g/mol. The highest BCUT2D eigenvalue weighted by molar-refractivity contribution is 5.84. The second kappa shape index (κ2) is 10.3. The van der Waals surface area contributed by atoms with Gasteiger partial charge in [-0.05, 0) is 49.2 Å². The van der Waals surface area contributed by atoms with Gasteiger partial charge in [0.2, 0.25) is 0 Å². The van der Waals surface area contributed by atoms with Gasteiger partial charge in [-0.2, -0.15) is 5.10 Å². The van der Waals surface area contributed by atoms with Gasteiger partial charge < -0.3 is 29.3 Å². The van der Waals surface area contributed by atoms with Gasteiger partial charge in [0.05, 0.1) is 36.9 Å². The lowest BCUT2D eigenvalue weighted by Gasteiger charge is -2.37. The van der Waals surface area contributed by atoms with E-state index in [1.165, 1.54) is 7.11 Å². The molecule has 0 unspecified atom stereocenters. The van der Waals surface area contributed by atoms with Crippen LogP contribution in [0, 0.1) is 0 Å². The average Bonchev–Trinajstić information content (AvgIpc) is 3.40. The van der Waals surface area contributed by atoms with E-state index < -0.39 is 5.41 Å². The number of carbonyl (C=O) groups excluding carboxylic acids is 2. The van der Waals surface area contributed by atoms with Gasteiger partial charge in [-0.15, -0.1) is 0 Å². The Morgan fingerprint density at radius 1 is 1.03 bits per heavy atom. The van der Waals surface area contributed by atoms with E-state index in [4.69, 9.17) is 14.2 Å². The quantitative estimate of drug-likeness (QED) is 0.514. The van der Waals surface area contributed by atoms with Crippen LogP contribution in [0.3, 0.4) is 0 Å². The second-order valence-corrected chi connectivity index (χ2v) is 10.2. The van der Waals surface area contributed by atoms with Crippen LogP contribution in [0.2, 0.25) is 0 Å². The molecule has 0 saturated carbocycles. The molecule has 3 saturated heterocycles. The second-order valence-electron chi connectivity index (χ2n) is 10.2. The first-order chi connectivity index (χ1) is 18.6. The third kappa shape index (κ3) is 4.48. The normalized spacial score (nSPS) is 19.7. The van der Waals surface area contributed by atoms with E-state index >= 15 is 0 Å². The number of carbonyl (C=O) groups is 2. The number of piperazine rings is 1. The highest BCUT2D eigenvalue weighted by atomic mass is 16.6. The van der Waals surface area contributed by atoms with Crippen LogP contribution in [0.4, 0.5) is 10.5 Å². The number of benzene rings is 1. The molecule has 5 heterocycles. The summed E-state index contributed by atoms with van der Waals surface area (Å²) in [6.07, 6.45) is 4.92. The maximum absolute atomic E-state index is 12.8. The van der Waals surface area contributed by atoms with Crippen molar-refractivity contribution in [3.8, 4) is 11.1 Å². The Hall–Kier alpha value is -3.63. The molecule has 6 rings (SSSR count). The Balaban J connectivity index is 1.19. The Morgan fingerprint density at radius 3 is 2.42 bits per heavy atom. The van der Waals surface area contributed by atoms with Crippen molar-refractivity contribution in [3.63, 3.8) is 0 Å². The number of esters is 1. The van der Waals surface area contributed by atoms with E-state index in [1.807, 2.05) is 23.0 Å². The molecule has 3 fully saturated rings. The number of fused-ring (bicyclic) bond motifs is 1. The molecule has 38 heavy (non-hydrogen) atoms. The zero-order valence-electron chi connectivity index (χ0n) is 21.6. The molecular formula is C28H33N5O5. The van der Waals surface area contributed by atoms with Gasteiger partial charge in [0.25, 0.3) is 0 Å². The van der Waals surface area contributed by atoms with Gasteiger partial charge in [0.1, 0.15) is 0 Å². The number of ether oxygens (including phenoxy) is 3. The summed E-state index contributed by atoms with van der Waals surface area (Å²) in [6, 6.07) is 12.4. The SMILES string of the molecule is COC(=O)C1(c2ccc(-c3cc4c(N5CCN(C(=O)OC6COC6)CC5)ccnn4c3)cc2)CCNCC1. The third-order valence-corrected chi connectivity index (χ3v) is 8.04. The van der Waals surface area contributed by atoms with Gasteiger partial charge in [0.15, 0.2) is 6.10 Å². The van der Waals surface area contributed by atoms with Crippen molar-refractivity contribution in [2.45, 2.75) is 24.4 Å². The lowest BCUT2D eigenvalue weighted by Crippen LogP contribution is -2.51. The molecule has 3 aliphatic rings. The van der Waals surface area contributed by atoms with Crippen molar-refractivity contribution < 1.29 is 23.8 Å². The minimum Gasteiger partial charge on any atom is -0.468 e. The third-order valence-electron chi connectivity index (χ3n) is 8.04. The van der Waals surface area contributed by atoms with Crippen LogP contribution < -0.4 is 10.2 Å². The summed E-state index contributed by atoms with van der Waals surface area (Å²) in [7, 11) is 1.47. The Labute approximate surface area is 221 Å². The maximum atomic E-state index is 12.8. The van der Waals surface area contributed by atoms with Gasteiger partial charge in [-0.1, -0.05) is 24.3 Å². The van der Waals surface area contributed by atoms with Crippen molar-refractivity contribution in [2.75, 3.05) is 64.5 Å². The van der Waals surface area contributed by atoms with E-state index in [0.717, 1.165) is 66.9 Å². The van der Waals surface area contributed by atoms with Crippen molar-refractivity contribution in [1.82, 2.24) is 19.8 Å². The van der Waals surface area contributed by atoms with Crippen molar-refractivity contribution in [1.29, 1.82) is 0 Å². The number of amides is 1. The first-order valence-electron chi connectivity index (χ1n) is 13.2. The number of rotatable bonds is 5. The standard InChI is InChI=1S/C28H33N5O5/c1-36-26(34)28(7-10-29-11-8-28)22-4-2-20(3-5-22)21-16-25-24(6-9-30-33(25)17-21)31-12-14-32(15-13-31)27(35)38-23-18-37-19-23/h2-6,9,16-17,23,29H,7-8,10-15,18-19H2,1H3. The topological polar surface area (TPSA) is 97.6 Å². The molecule has 0 radical (unpaired) electrons. The largest absolute Gasteiger partial charge is 0.468 e. The summed E-state index contributed by atoms with van der Waals surface area (Å²) < 4.78 is 17.7. The van der Waals surface area contributed by atoms with E-state index in [2.05, 4.69) is 45.6 Å². The minimum atomic E-state index is -0.598. The fourth-order valence-corrected chi connectivity index (χ4v) is 5.70. The van der Waals surface area contributed by atoms with Gasteiger partial charge in [-0.3, -0.25) is 4.79 Å². The van der Waals surface area contributed by atoms with Crippen molar-refractivity contribution in [3.05, 3.63) is 54.4 Å². The summed E-state index contributed by atoms with van der Waals surface area (Å²) in [5.41, 5.74) is 4.61. The molecule has 1 aromatic carbocycles. The van der Waals surface area contributed by atoms with Gasteiger partial charge in [0, 0.05) is 44.1 Å². The molecule has 1 amide bonds. The smallest absolute Gasteiger partial charge is 0.410 e. The lowest BCUT2D eigenvalue weighted by molar-refractivity contribution is -0.148. The molecule has 2 aromatic heterocycles. The number of methoxy groups -OCH3 is 1. The minimum absolute atomic E-state index is 0.112. The van der Waals surface area contributed by atoms with Crippen molar-refractivity contribution >= 4 is 23.3 Å². The zero-order chi connectivity index (χ0) is 26.1. The fourth-order valence-electron chi connectivity index (χ4n) is 5.70. The van der Waals surface area contributed by atoms with E-state index in [0.29, 0.717) is 26.3 Å². The van der Waals surface area contributed by atoms with Crippen LogP contribution in [-0.4, -0.2) is 92.3 Å². The Bertz CT molecular complexity index is 1300. The summed E-state index contributed by atoms with van der Waals surface area (Å²) in [5, 5.41) is 7.88. The number of hydrogen-bond acceptors (Lipinski definition) is 8. The number of aromatic nitrogens is 2. The lowest BCUT2D eigenvalue weighted by atomic mass is 9.73. The van der Waals surface area contributed by atoms with Crippen LogP contribution in [0.25, 0.3) is 16.6 Å². The molecule has 0 atom stereocenters. The molecule has 0 bridgehead atoms. The van der Waals surface area contributed by atoms with Crippen LogP contribution in [0.1, 0.15) is 18.4 Å². The highest BCUT2D eigenvalue weighted by Gasteiger charge is 2.42. The van der Waals surface area contributed by atoms with Crippen LogP contribution in [0.15, 0.2) is 48.8 Å². The molecule has 1 N–H and O–H groups in total. The first-order valence-corrected chi connectivity index (χ1v) is 13.2. The fraction of sp³-hybridized carbons (Fsp3) is 0.464. The van der Waals surface area contributed by atoms with Crippen LogP contribution in [-0.2, 0) is 24.4 Å². The zero-order valence-corrected chi connectivity index (χ0v) is 21.6. The number of nitrogens with one attached hydrogen (secondary N) is 1. The molecule has 200 valence electrons. The molecule has 10 heteroatoms. The van der Waals surface area contributed by atoms with E-state index in [1.54, 1.807) is 4.90 Å². The van der Waals surface area contributed by atoms with E-state index in [-0.39, 0.29) is 18.2 Å². The van der Waals surface area contributed by atoms with Crippen LogP contribution >= 0.6 is 0 Å². The molecule has 0 aliphatic carbocycles. The number of nitrogens with zero attached hydrogens (tertiary/aromatic N) is 4. The molecule has 3 aromatic rings. The summed E-state index contributed by atoms with van der Waals surface area (Å²) in [5.74, 6) is -0.166. The maximum Gasteiger partial charge on any atom is 0.410 e. The molecule has 10 nitrogen and oxygen atoms in total. The molecule has 0 spiro atoms. The predicted octanol–water partition coefficient (Wildman–Crippen LogP) is 2.45. The van der Waals surface area contributed by atoms with Crippen LogP contribution in [0.5, 0.6) is 0 Å². The Morgan fingerprint density at radius 2 is 1.76 bits per heavy atom. The number of anilines is 1. The number of hydrogen-bond donors (Lipinski definition) is 1. The first kappa shape index (κ1) is 24.7. The average molecular weight is 520 g/mol.